The van der Waals surface area contributed by atoms with Gasteiger partial charge in [-0.2, -0.15) is 0 Å². The van der Waals surface area contributed by atoms with Crippen LogP contribution in [-0.2, 0) is 0 Å². The Hall–Kier alpha value is -0.790. The average molecular weight is 163 g/mol. The first kappa shape index (κ1) is 7.84. The van der Waals surface area contributed by atoms with Crippen LogP contribution in [-0.4, -0.2) is 9.55 Å². The highest BCUT2D eigenvalue weighted by molar-refractivity contribution is 4.82. The molecule has 2 rings (SSSR count). The summed E-state index contributed by atoms with van der Waals surface area (Å²) in [6, 6.07) is 0.617. The van der Waals surface area contributed by atoms with Crippen molar-refractivity contribution in [3.05, 3.63) is 18.7 Å². The molecule has 12 heavy (non-hydrogen) atoms. The fraction of sp³-hybridized carbons (Fsp3) is 0.700. The molecule has 1 atom stereocenters. The van der Waals surface area contributed by atoms with Gasteiger partial charge >= 0.3 is 0 Å². The first-order valence-electron chi connectivity index (χ1n) is 4.77. The summed E-state index contributed by atoms with van der Waals surface area (Å²) in [5.41, 5.74) is 0. The molecule has 1 radical (unpaired) electrons. The van der Waals surface area contributed by atoms with E-state index in [0.29, 0.717) is 6.04 Å². The van der Waals surface area contributed by atoms with Crippen molar-refractivity contribution in [2.45, 2.75) is 38.6 Å². The molecule has 0 aliphatic heterocycles. The van der Waals surface area contributed by atoms with Crippen LogP contribution in [0.2, 0.25) is 0 Å². The van der Waals surface area contributed by atoms with Gasteiger partial charge in [-0.25, -0.2) is 4.98 Å². The Balaban J connectivity index is 2.04. The summed E-state index contributed by atoms with van der Waals surface area (Å²) in [5.74, 6) is 0.868. The Bertz CT molecular complexity index is 222. The molecule has 0 N–H and O–H groups in total. The molecule has 1 aromatic heterocycles. The minimum absolute atomic E-state index is 0.617. The van der Waals surface area contributed by atoms with E-state index in [9.17, 15) is 0 Å². The van der Waals surface area contributed by atoms with Crippen LogP contribution in [0.4, 0.5) is 0 Å². The van der Waals surface area contributed by atoms with Gasteiger partial charge < -0.3 is 4.57 Å². The van der Waals surface area contributed by atoms with Crippen molar-refractivity contribution >= 4 is 0 Å². The first-order chi connectivity index (χ1) is 5.88. The largest absolute Gasteiger partial charge is 0.334 e. The lowest BCUT2D eigenvalue weighted by molar-refractivity contribution is 0.360. The van der Waals surface area contributed by atoms with E-state index in [0.717, 1.165) is 5.92 Å². The smallest absolute Gasteiger partial charge is 0.108 e. The molecule has 1 aliphatic rings. The zero-order valence-corrected chi connectivity index (χ0v) is 7.53. The fourth-order valence-corrected chi connectivity index (χ4v) is 2.14. The molecular formula is C10H15N2. The second-order valence-electron chi connectivity index (χ2n) is 3.74. The lowest BCUT2D eigenvalue weighted by Gasteiger charge is -2.19. The zero-order valence-electron chi connectivity index (χ0n) is 7.53. The predicted molar refractivity (Wildman–Crippen MR) is 47.7 cm³/mol. The van der Waals surface area contributed by atoms with Crippen LogP contribution in [0.5, 0.6) is 0 Å². The van der Waals surface area contributed by atoms with Crippen LogP contribution in [0.25, 0.3) is 0 Å². The maximum absolute atomic E-state index is 3.95. The van der Waals surface area contributed by atoms with E-state index < -0.39 is 0 Å². The van der Waals surface area contributed by atoms with E-state index >= 15 is 0 Å². The third-order valence-corrected chi connectivity index (χ3v) is 3.02. The topological polar surface area (TPSA) is 17.8 Å². The Kier molecular flexibility index (Phi) is 2.15. The maximum atomic E-state index is 3.95. The van der Waals surface area contributed by atoms with Gasteiger partial charge in [-0.05, 0) is 25.7 Å². The van der Waals surface area contributed by atoms with Gasteiger partial charge in [-0.1, -0.05) is 12.8 Å². The third kappa shape index (κ3) is 1.38. The number of rotatable bonds is 2. The molecule has 2 nitrogen and oxygen atoms in total. The van der Waals surface area contributed by atoms with Crippen LogP contribution >= 0.6 is 0 Å². The van der Waals surface area contributed by atoms with Crippen LogP contribution in [0.15, 0.2) is 12.5 Å². The summed E-state index contributed by atoms with van der Waals surface area (Å²) in [7, 11) is 0. The average Bonchev–Trinajstić information content (AvgIpc) is 2.77. The standard InChI is InChI=1S/C10H15N2/c1-9(10-4-2-3-5-10)12-7-6-11-8-12/h7-10H,2-5H2,1H3/t9-/m0/s1. The molecule has 0 spiro atoms. The van der Waals surface area contributed by atoms with E-state index in [2.05, 4.69) is 22.7 Å². The molecule has 0 saturated heterocycles. The SMILES string of the molecule is C[C@@H](C1CCCC1)n1c[c]nc1. The lowest BCUT2D eigenvalue weighted by atomic mass is 10.00. The van der Waals surface area contributed by atoms with Crippen molar-refractivity contribution in [1.29, 1.82) is 0 Å². The van der Waals surface area contributed by atoms with Gasteiger partial charge in [-0.3, -0.25) is 0 Å². The van der Waals surface area contributed by atoms with Crippen molar-refractivity contribution in [3.63, 3.8) is 0 Å². The predicted octanol–water partition coefficient (Wildman–Crippen LogP) is 2.43. The van der Waals surface area contributed by atoms with E-state index in [4.69, 9.17) is 0 Å². The van der Waals surface area contributed by atoms with Crippen LogP contribution in [0.3, 0.4) is 0 Å². The summed E-state index contributed by atoms with van der Waals surface area (Å²) in [5, 5.41) is 0. The van der Waals surface area contributed by atoms with Gasteiger partial charge in [-0.15, -0.1) is 0 Å². The summed E-state index contributed by atoms with van der Waals surface area (Å²) in [4.78, 5) is 3.95. The van der Waals surface area contributed by atoms with E-state index in [1.807, 2.05) is 12.5 Å². The highest BCUT2D eigenvalue weighted by Gasteiger charge is 2.21. The van der Waals surface area contributed by atoms with Crippen LogP contribution in [0.1, 0.15) is 38.6 Å². The normalized spacial score (nSPS) is 21.4. The van der Waals surface area contributed by atoms with Crippen molar-refractivity contribution in [2.75, 3.05) is 0 Å². The molecule has 0 unspecified atom stereocenters. The summed E-state index contributed by atoms with van der Waals surface area (Å²) in [6.07, 6.45) is 12.3. The molecule has 1 heterocycles. The van der Waals surface area contributed by atoms with Gasteiger partial charge in [0.25, 0.3) is 0 Å². The molecule has 1 aliphatic carbocycles. The van der Waals surface area contributed by atoms with E-state index in [1.165, 1.54) is 25.7 Å². The lowest BCUT2D eigenvalue weighted by Crippen LogP contribution is -2.12. The highest BCUT2D eigenvalue weighted by Crippen LogP contribution is 2.33. The summed E-state index contributed by atoms with van der Waals surface area (Å²) in [6.45, 7) is 2.28. The molecule has 0 amide bonds. The number of aromatic nitrogens is 2. The Morgan fingerprint density at radius 2 is 2.25 bits per heavy atom. The van der Waals surface area contributed by atoms with Crippen LogP contribution < -0.4 is 0 Å². The molecule has 0 bridgehead atoms. The quantitative estimate of drug-likeness (QED) is 0.654. The number of imidazole rings is 1. The third-order valence-electron chi connectivity index (χ3n) is 3.02. The van der Waals surface area contributed by atoms with Crippen molar-refractivity contribution < 1.29 is 0 Å². The molecule has 1 fully saturated rings. The maximum Gasteiger partial charge on any atom is 0.108 e. The second-order valence-corrected chi connectivity index (χ2v) is 3.74. The first-order valence-corrected chi connectivity index (χ1v) is 4.77. The number of nitrogens with zero attached hydrogens (tertiary/aromatic N) is 2. The Morgan fingerprint density at radius 1 is 1.50 bits per heavy atom. The van der Waals surface area contributed by atoms with Gasteiger partial charge in [0.05, 0.1) is 6.33 Å². The van der Waals surface area contributed by atoms with Crippen LogP contribution in [0, 0.1) is 12.1 Å². The fourth-order valence-electron chi connectivity index (χ4n) is 2.14. The minimum Gasteiger partial charge on any atom is -0.334 e. The van der Waals surface area contributed by atoms with Gasteiger partial charge in [0.15, 0.2) is 0 Å². The van der Waals surface area contributed by atoms with Crippen molar-refractivity contribution in [2.24, 2.45) is 5.92 Å². The highest BCUT2D eigenvalue weighted by atomic mass is 15.0. The van der Waals surface area contributed by atoms with Gasteiger partial charge in [0.1, 0.15) is 6.20 Å². The zero-order chi connectivity index (χ0) is 8.39. The molecule has 1 aromatic rings. The Labute approximate surface area is 73.6 Å². The second kappa shape index (κ2) is 3.30. The van der Waals surface area contributed by atoms with E-state index in [1.54, 1.807) is 0 Å². The minimum atomic E-state index is 0.617. The van der Waals surface area contributed by atoms with Gasteiger partial charge in [0.2, 0.25) is 0 Å². The van der Waals surface area contributed by atoms with Gasteiger partial charge in [0, 0.05) is 12.2 Å². The number of hydrogen-bond donors (Lipinski definition) is 0. The molecule has 65 valence electrons. The van der Waals surface area contributed by atoms with Crippen molar-refractivity contribution in [3.8, 4) is 0 Å². The van der Waals surface area contributed by atoms with Crippen molar-refractivity contribution in [1.82, 2.24) is 9.55 Å². The van der Waals surface area contributed by atoms with E-state index in [-0.39, 0.29) is 0 Å². The number of hydrogen-bond acceptors (Lipinski definition) is 1. The molecule has 1 saturated carbocycles. The molecule has 0 aromatic carbocycles. The summed E-state index contributed by atoms with van der Waals surface area (Å²) >= 11 is 0. The molecule has 2 heteroatoms. The summed E-state index contributed by atoms with van der Waals surface area (Å²) < 4.78 is 2.18. The monoisotopic (exact) mass is 163 g/mol. The Morgan fingerprint density at radius 3 is 2.83 bits per heavy atom. The molecular weight excluding hydrogens is 148 g/mol.